The fourth-order valence-electron chi connectivity index (χ4n) is 2.92. The van der Waals surface area contributed by atoms with Crippen molar-refractivity contribution in [1.29, 1.82) is 0 Å². The highest BCUT2D eigenvalue weighted by Gasteiger charge is 2.23. The Labute approximate surface area is 167 Å². The molecule has 29 heavy (non-hydrogen) atoms. The number of anilines is 1. The lowest BCUT2D eigenvalue weighted by Gasteiger charge is -2.07. The minimum atomic E-state index is -0.623. The van der Waals surface area contributed by atoms with Crippen molar-refractivity contribution in [2.75, 3.05) is 12.4 Å². The zero-order chi connectivity index (χ0) is 21.0. The second-order valence-electron chi connectivity index (χ2n) is 6.35. The Hall–Kier alpha value is -3.87. The van der Waals surface area contributed by atoms with E-state index in [1.165, 1.54) is 7.11 Å². The van der Waals surface area contributed by atoms with Crippen LogP contribution < -0.4 is 10.1 Å². The van der Waals surface area contributed by atoms with Crippen molar-refractivity contribution in [2.24, 2.45) is 0 Å². The summed E-state index contributed by atoms with van der Waals surface area (Å²) in [5, 5.41) is 2.77. The van der Waals surface area contributed by atoms with Gasteiger partial charge in [0.15, 0.2) is 0 Å². The van der Waals surface area contributed by atoms with Crippen molar-refractivity contribution in [2.45, 2.75) is 13.8 Å². The molecule has 0 unspecified atom stereocenters. The number of rotatable bonds is 5. The molecule has 7 nitrogen and oxygen atoms in total. The Morgan fingerprint density at radius 3 is 2.17 bits per heavy atom. The SMILES string of the molecule is COC(=O)c1c(C)[nH]c(C(=O)Oc2ccc(NC(=O)c3ccccc3)cc2)c1C. The maximum Gasteiger partial charge on any atom is 0.360 e. The molecule has 0 radical (unpaired) electrons. The summed E-state index contributed by atoms with van der Waals surface area (Å²) in [6.07, 6.45) is 0. The summed E-state index contributed by atoms with van der Waals surface area (Å²) >= 11 is 0. The molecule has 2 aromatic carbocycles. The Kier molecular flexibility index (Phi) is 5.78. The quantitative estimate of drug-likeness (QED) is 0.507. The van der Waals surface area contributed by atoms with Gasteiger partial charge >= 0.3 is 11.9 Å². The van der Waals surface area contributed by atoms with Crippen LogP contribution in [0.4, 0.5) is 5.69 Å². The lowest BCUT2D eigenvalue weighted by molar-refractivity contribution is 0.0599. The van der Waals surface area contributed by atoms with Crippen molar-refractivity contribution in [3.63, 3.8) is 0 Å². The van der Waals surface area contributed by atoms with Crippen molar-refractivity contribution in [3.8, 4) is 5.75 Å². The molecule has 2 N–H and O–H groups in total. The van der Waals surface area contributed by atoms with Crippen LogP contribution in [0.5, 0.6) is 5.75 Å². The minimum Gasteiger partial charge on any atom is -0.465 e. The molecule has 3 aromatic rings. The molecule has 1 amide bonds. The number of hydrogen-bond donors (Lipinski definition) is 2. The summed E-state index contributed by atoms with van der Waals surface area (Å²) in [6.45, 7) is 3.33. The number of hydrogen-bond acceptors (Lipinski definition) is 5. The second kappa shape index (κ2) is 8.43. The summed E-state index contributed by atoms with van der Waals surface area (Å²) in [7, 11) is 1.28. The zero-order valence-corrected chi connectivity index (χ0v) is 16.2. The minimum absolute atomic E-state index is 0.185. The molecule has 0 aliphatic carbocycles. The average Bonchev–Trinajstić information content (AvgIpc) is 3.03. The molecule has 148 valence electrons. The highest BCUT2D eigenvalue weighted by Crippen LogP contribution is 2.22. The van der Waals surface area contributed by atoms with Crippen molar-refractivity contribution in [1.82, 2.24) is 4.98 Å². The van der Waals surface area contributed by atoms with Gasteiger partial charge in [-0.2, -0.15) is 0 Å². The van der Waals surface area contributed by atoms with Gasteiger partial charge in [0, 0.05) is 16.9 Å². The smallest absolute Gasteiger partial charge is 0.360 e. The van der Waals surface area contributed by atoms with E-state index in [9.17, 15) is 14.4 Å². The number of carbonyl (C=O) groups excluding carboxylic acids is 3. The normalized spacial score (nSPS) is 10.3. The van der Waals surface area contributed by atoms with E-state index in [4.69, 9.17) is 9.47 Å². The molecule has 0 atom stereocenters. The number of esters is 2. The topological polar surface area (TPSA) is 97.5 Å². The summed E-state index contributed by atoms with van der Waals surface area (Å²) in [6, 6.07) is 15.3. The van der Waals surface area contributed by atoms with E-state index in [0.717, 1.165) is 0 Å². The molecule has 0 aliphatic rings. The number of benzene rings is 2. The second-order valence-corrected chi connectivity index (χ2v) is 6.35. The number of nitrogens with one attached hydrogen (secondary N) is 2. The summed E-state index contributed by atoms with van der Waals surface area (Å²) in [5.41, 5.74) is 2.61. The van der Waals surface area contributed by atoms with E-state index in [2.05, 4.69) is 10.3 Å². The first-order valence-electron chi connectivity index (χ1n) is 8.87. The Morgan fingerprint density at radius 2 is 1.55 bits per heavy atom. The number of aromatic amines is 1. The predicted octanol–water partition coefficient (Wildman–Crippen LogP) is 3.89. The number of methoxy groups -OCH3 is 1. The summed E-state index contributed by atoms with van der Waals surface area (Å²) in [5.74, 6) is -1.07. The van der Waals surface area contributed by atoms with Crippen LogP contribution >= 0.6 is 0 Å². The van der Waals surface area contributed by atoms with Crippen molar-refractivity contribution in [3.05, 3.63) is 82.7 Å². The molecule has 1 heterocycles. The van der Waals surface area contributed by atoms with Crippen LogP contribution in [0.15, 0.2) is 54.6 Å². The Morgan fingerprint density at radius 1 is 0.897 bits per heavy atom. The third-order valence-corrected chi connectivity index (χ3v) is 4.39. The van der Waals surface area contributed by atoms with Gasteiger partial charge < -0.3 is 19.8 Å². The molecule has 3 rings (SSSR count). The molecular weight excluding hydrogens is 372 g/mol. The molecule has 7 heteroatoms. The molecule has 0 aliphatic heterocycles. The van der Waals surface area contributed by atoms with Gasteiger partial charge in [0.1, 0.15) is 11.4 Å². The number of amides is 1. The standard InChI is InChI=1S/C22H20N2O5/c1-13-18(21(26)28-3)14(2)23-19(13)22(27)29-17-11-9-16(10-12-17)24-20(25)15-7-5-4-6-8-15/h4-12,23H,1-3H3,(H,24,25). The van der Waals surface area contributed by atoms with Crippen LogP contribution in [0.3, 0.4) is 0 Å². The monoisotopic (exact) mass is 392 g/mol. The molecular formula is C22H20N2O5. The van der Waals surface area contributed by atoms with Gasteiger partial charge in [-0.15, -0.1) is 0 Å². The van der Waals surface area contributed by atoms with E-state index >= 15 is 0 Å². The van der Waals surface area contributed by atoms with Gasteiger partial charge in [0.25, 0.3) is 5.91 Å². The lowest BCUT2D eigenvalue weighted by Crippen LogP contribution is -2.12. The van der Waals surface area contributed by atoms with Crippen LogP contribution in [-0.4, -0.2) is 29.9 Å². The third kappa shape index (κ3) is 4.35. The predicted molar refractivity (Wildman–Crippen MR) is 107 cm³/mol. The van der Waals surface area contributed by atoms with Gasteiger partial charge in [-0.3, -0.25) is 4.79 Å². The first-order valence-corrected chi connectivity index (χ1v) is 8.87. The molecule has 0 saturated heterocycles. The highest BCUT2D eigenvalue weighted by atomic mass is 16.5. The van der Waals surface area contributed by atoms with E-state index < -0.39 is 11.9 Å². The Balaban J connectivity index is 1.69. The van der Waals surface area contributed by atoms with Crippen molar-refractivity contribution >= 4 is 23.5 Å². The average molecular weight is 392 g/mol. The van der Waals surface area contributed by atoms with Crippen LogP contribution in [0.2, 0.25) is 0 Å². The van der Waals surface area contributed by atoms with Crippen molar-refractivity contribution < 1.29 is 23.9 Å². The number of H-pyrrole nitrogens is 1. The molecule has 0 spiro atoms. The zero-order valence-electron chi connectivity index (χ0n) is 16.2. The third-order valence-electron chi connectivity index (χ3n) is 4.39. The molecule has 1 aromatic heterocycles. The van der Waals surface area contributed by atoms with Gasteiger partial charge in [-0.1, -0.05) is 18.2 Å². The van der Waals surface area contributed by atoms with E-state index in [-0.39, 0.29) is 11.6 Å². The number of aryl methyl sites for hydroxylation is 1. The van der Waals surface area contributed by atoms with Crippen LogP contribution in [0.1, 0.15) is 42.5 Å². The van der Waals surface area contributed by atoms with Gasteiger partial charge in [-0.05, 0) is 55.8 Å². The lowest BCUT2D eigenvalue weighted by atomic mass is 10.1. The number of ether oxygens (including phenoxy) is 2. The molecule has 0 fully saturated rings. The highest BCUT2D eigenvalue weighted by molar-refractivity contribution is 6.04. The first-order chi connectivity index (χ1) is 13.9. The number of aromatic nitrogens is 1. The van der Waals surface area contributed by atoms with E-state index in [0.29, 0.717) is 33.8 Å². The maximum absolute atomic E-state index is 12.5. The maximum atomic E-state index is 12.5. The van der Waals surface area contributed by atoms with Crippen LogP contribution in [-0.2, 0) is 4.74 Å². The van der Waals surface area contributed by atoms with Gasteiger partial charge in [0.2, 0.25) is 0 Å². The fraction of sp³-hybridized carbons (Fsp3) is 0.136. The first kappa shape index (κ1) is 19.9. The van der Waals surface area contributed by atoms with Crippen LogP contribution in [0, 0.1) is 13.8 Å². The molecule has 0 saturated carbocycles. The van der Waals surface area contributed by atoms with E-state index in [1.54, 1.807) is 62.4 Å². The molecule has 0 bridgehead atoms. The van der Waals surface area contributed by atoms with Gasteiger partial charge in [-0.25, -0.2) is 9.59 Å². The number of carbonyl (C=O) groups is 3. The van der Waals surface area contributed by atoms with Crippen LogP contribution in [0.25, 0.3) is 0 Å². The summed E-state index contributed by atoms with van der Waals surface area (Å²) in [4.78, 5) is 39.4. The van der Waals surface area contributed by atoms with Gasteiger partial charge in [0.05, 0.1) is 12.7 Å². The Bertz CT molecular complexity index is 1050. The van der Waals surface area contributed by atoms with E-state index in [1.807, 2.05) is 6.07 Å². The fourth-order valence-corrected chi connectivity index (χ4v) is 2.92. The summed E-state index contributed by atoms with van der Waals surface area (Å²) < 4.78 is 10.1. The largest absolute Gasteiger partial charge is 0.465 e.